The molecule has 0 unspecified atom stereocenters. The zero-order valence-electron chi connectivity index (χ0n) is 7.66. The third-order valence-corrected chi connectivity index (χ3v) is 0.763. The first-order chi connectivity index (χ1) is 5.50. The molecule has 0 fully saturated rings. The van der Waals surface area contributed by atoms with Gasteiger partial charge in [-0.3, -0.25) is 4.79 Å². The molecular formula is C8H15NO3. The van der Waals surface area contributed by atoms with Crippen LogP contribution in [0.5, 0.6) is 0 Å². The fourth-order valence-electron chi connectivity index (χ4n) is 0.335. The second-order valence-corrected chi connectivity index (χ2v) is 2.36. The molecule has 0 bridgehead atoms. The number of carboxylic acid groups (broad SMARTS) is 1. The SMILES string of the molecule is CC(=O)O.CN(C)CCC#CO. The first kappa shape index (κ1) is 13.4. The number of carboxylic acids is 1. The standard InChI is InChI=1S/C6H11NO.C2H4O2/c1-7(2)5-3-4-6-8;1-2(3)4/h8H,3,5H2,1-2H3;1H3,(H,3,4). The molecule has 0 saturated heterocycles. The Hall–Kier alpha value is -1.21. The average molecular weight is 173 g/mol. The van der Waals surface area contributed by atoms with Crippen LogP contribution < -0.4 is 0 Å². The number of aliphatic hydroxyl groups excluding tert-OH is 1. The molecule has 4 heteroatoms. The Morgan fingerprint density at radius 3 is 2.17 bits per heavy atom. The molecule has 0 aliphatic carbocycles. The van der Waals surface area contributed by atoms with Crippen LogP contribution >= 0.6 is 0 Å². The predicted molar refractivity (Wildman–Crippen MR) is 46.2 cm³/mol. The second-order valence-electron chi connectivity index (χ2n) is 2.36. The Morgan fingerprint density at radius 2 is 1.92 bits per heavy atom. The third-order valence-electron chi connectivity index (χ3n) is 0.763. The van der Waals surface area contributed by atoms with Crippen molar-refractivity contribution in [2.24, 2.45) is 0 Å². The van der Waals surface area contributed by atoms with Gasteiger partial charge in [0.05, 0.1) is 0 Å². The molecule has 0 heterocycles. The van der Waals surface area contributed by atoms with Gasteiger partial charge in [0.25, 0.3) is 5.97 Å². The molecule has 0 amide bonds. The van der Waals surface area contributed by atoms with Crippen LogP contribution in [0, 0.1) is 12.0 Å². The summed E-state index contributed by atoms with van der Waals surface area (Å²) in [6.45, 7) is 1.99. The fraction of sp³-hybridized carbons (Fsp3) is 0.625. The molecule has 0 rings (SSSR count). The molecule has 2 N–H and O–H groups in total. The van der Waals surface area contributed by atoms with Gasteiger partial charge in [0, 0.05) is 19.9 Å². The van der Waals surface area contributed by atoms with Gasteiger partial charge < -0.3 is 15.1 Å². The van der Waals surface area contributed by atoms with E-state index in [0.717, 1.165) is 19.9 Å². The Kier molecular flexibility index (Phi) is 10.9. The molecule has 0 aromatic carbocycles. The largest absolute Gasteiger partial charge is 0.481 e. The Morgan fingerprint density at radius 1 is 1.50 bits per heavy atom. The highest BCUT2D eigenvalue weighted by Crippen LogP contribution is 1.77. The molecule has 0 spiro atoms. The van der Waals surface area contributed by atoms with E-state index in [9.17, 15) is 0 Å². The number of aliphatic hydroxyl groups is 1. The van der Waals surface area contributed by atoms with E-state index in [1.54, 1.807) is 0 Å². The molecule has 70 valence electrons. The van der Waals surface area contributed by atoms with E-state index in [-0.39, 0.29) is 0 Å². The van der Waals surface area contributed by atoms with Crippen molar-refractivity contribution in [2.75, 3.05) is 20.6 Å². The van der Waals surface area contributed by atoms with E-state index in [4.69, 9.17) is 15.0 Å². The van der Waals surface area contributed by atoms with Crippen molar-refractivity contribution >= 4 is 5.97 Å². The van der Waals surface area contributed by atoms with Crippen LogP contribution in [0.3, 0.4) is 0 Å². The summed E-state index contributed by atoms with van der Waals surface area (Å²) < 4.78 is 0. The van der Waals surface area contributed by atoms with Crippen molar-refractivity contribution in [3.63, 3.8) is 0 Å². The van der Waals surface area contributed by atoms with Crippen LogP contribution in [-0.4, -0.2) is 41.7 Å². The number of aliphatic carboxylic acids is 1. The number of hydrogen-bond donors (Lipinski definition) is 2. The Labute approximate surface area is 72.8 Å². The Bertz CT molecular complexity index is 163. The topological polar surface area (TPSA) is 60.8 Å². The van der Waals surface area contributed by atoms with Crippen LogP contribution in [0.15, 0.2) is 0 Å². The zero-order chi connectivity index (χ0) is 9.98. The molecule has 0 aromatic rings. The number of carbonyl (C=O) groups is 1. The maximum atomic E-state index is 9.00. The monoisotopic (exact) mass is 173 g/mol. The van der Waals surface area contributed by atoms with Gasteiger partial charge in [0.1, 0.15) is 6.11 Å². The minimum absolute atomic E-state index is 0.740. The highest BCUT2D eigenvalue weighted by atomic mass is 16.4. The van der Waals surface area contributed by atoms with Crippen LogP contribution in [0.4, 0.5) is 0 Å². The molecule has 0 aliphatic heterocycles. The molecule has 0 atom stereocenters. The van der Waals surface area contributed by atoms with Crippen molar-refractivity contribution in [3.8, 4) is 12.0 Å². The molecule has 0 aromatic heterocycles. The molecule has 0 aliphatic rings. The van der Waals surface area contributed by atoms with E-state index >= 15 is 0 Å². The Balaban J connectivity index is 0. The van der Waals surface area contributed by atoms with Crippen molar-refractivity contribution < 1.29 is 15.0 Å². The summed E-state index contributed by atoms with van der Waals surface area (Å²) in [5, 5.41) is 15.4. The third kappa shape index (κ3) is 37.1. The molecule has 0 radical (unpaired) electrons. The smallest absolute Gasteiger partial charge is 0.300 e. The summed E-state index contributed by atoms with van der Waals surface area (Å²) >= 11 is 0. The maximum Gasteiger partial charge on any atom is 0.300 e. The number of rotatable bonds is 2. The van der Waals surface area contributed by atoms with Gasteiger partial charge in [-0.05, 0) is 14.1 Å². The first-order valence-electron chi connectivity index (χ1n) is 3.47. The number of hydrogen-bond acceptors (Lipinski definition) is 3. The minimum Gasteiger partial charge on any atom is -0.481 e. The highest BCUT2D eigenvalue weighted by molar-refractivity contribution is 5.62. The fourth-order valence-corrected chi connectivity index (χ4v) is 0.335. The normalized spacial score (nSPS) is 7.67. The summed E-state index contributed by atoms with van der Waals surface area (Å²) in [7, 11) is 3.94. The molecule has 12 heavy (non-hydrogen) atoms. The van der Waals surface area contributed by atoms with Gasteiger partial charge in [0.2, 0.25) is 0 Å². The van der Waals surface area contributed by atoms with Crippen molar-refractivity contribution in [2.45, 2.75) is 13.3 Å². The van der Waals surface area contributed by atoms with Gasteiger partial charge in [0.15, 0.2) is 0 Å². The van der Waals surface area contributed by atoms with E-state index < -0.39 is 5.97 Å². The van der Waals surface area contributed by atoms with E-state index in [2.05, 4.69) is 5.92 Å². The summed E-state index contributed by atoms with van der Waals surface area (Å²) in [5.74, 6) is 1.71. The highest BCUT2D eigenvalue weighted by Gasteiger charge is 1.82. The summed E-state index contributed by atoms with van der Waals surface area (Å²) in [6.07, 6.45) is 2.59. The minimum atomic E-state index is -0.833. The lowest BCUT2D eigenvalue weighted by molar-refractivity contribution is -0.134. The first-order valence-corrected chi connectivity index (χ1v) is 3.47. The van der Waals surface area contributed by atoms with E-state index in [1.165, 1.54) is 0 Å². The van der Waals surface area contributed by atoms with Gasteiger partial charge >= 0.3 is 0 Å². The van der Waals surface area contributed by atoms with E-state index in [0.29, 0.717) is 0 Å². The predicted octanol–water partition coefficient (Wildman–Crippen LogP) is 0.362. The lowest BCUT2D eigenvalue weighted by Gasteiger charge is -2.03. The maximum absolute atomic E-state index is 9.00. The molecular weight excluding hydrogens is 158 g/mol. The van der Waals surface area contributed by atoms with Gasteiger partial charge in [-0.1, -0.05) is 5.92 Å². The lowest BCUT2D eigenvalue weighted by atomic mass is 10.4. The zero-order valence-corrected chi connectivity index (χ0v) is 7.66. The second kappa shape index (κ2) is 9.79. The molecule has 4 nitrogen and oxygen atoms in total. The van der Waals surface area contributed by atoms with Crippen LogP contribution in [0.2, 0.25) is 0 Å². The van der Waals surface area contributed by atoms with Gasteiger partial charge in [-0.2, -0.15) is 0 Å². The summed E-state index contributed by atoms with van der Waals surface area (Å²) in [4.78, 5) is 11.0. The van der Waals surface area contributed by atoms with Crippen LogP contribution in [-0.2, 0) is 4.79 Å². The van der Waals surface area contributed by atoms with Crippen LogP contribution in [0.1, 0.15) is 13.3 Å². The van der Waals surface area contributed by atoms with Crippen molar-refractivity contribution in [1.29, 1.82) is 0 Å². The lowest BCUT2D eigenvalue weighted by Crippen LogP contribution is -2.11. The summed E-state index contributed by atoms with van der Waals surface area (Å²) in [6, 6.07) is 0. The van der Waals surface area contributed by atoms with Gasteiger partial charge in [-0.25, -0.2) is 0 Å². The van der Waals surface area contributed by atoms with Gasteiger partial charge in [-0.15, -0.1) is 0 Å². The van der Waals surface area contributed by atoms with E-state index in [1.807, 2.05) is 25.1 Å². The average Bonchev–Trinajstić information content (AvgIpc) is 1.86. The quantitative estimate of drug-likeness (QED) is 0.592. The van der Waals surface area contributed by atoms with Crippen molar-refractivity contribution in [3.05, 3.63) is 0 Å². The van der Waals surface area contributed by atoms with Crippen LogP contribution in [0.25, 0.3) is 0 Å². The molecule has 0 saturated carbocycles. The summed E-state index contributed by atoms with van der Waals surface area (Å²) in [5.41, 5.74) is 0. The number of nitrogens with zero attached hydrogens (tertiary/aromatic N) is 1. The van der Waals surface area contributed by atoms with Crippen molar-refractivity contribution in [1.82, 2.24) is 4.90 Å².